The topological polar surface area (TPSA) is 89.8 Å². The summed E-state index contributed by atoms with van der Waals surface area (Å²) >= 11 is 0. The molecule has 0 saturated heterocycles. The third-order valence-corrected chi connectivity index (χ3v) is 6.20. The van der Waals surface area contributed by atoms with Crippen LogP contribution in [0.5, 0.6) is 0 Å². The van der Waals surface area contributed by atoms with Crippen LogP contribution in [0.4, 0.5) is 0 Å². The summed E-state index contributed by atoms with van der Waals surface area (Å²) in [6.07, 6.45) is 28.7. The summed E-state index contributed by atoms with van der Waals surface area (Å²) in [6.45, 7) is 4.05. The second-order valence-corrected chi connectivity index (χ2v) is 9.59. The average Bonchev–Trinajstić information content (AvgIpc) is 2.86. The van der Waals surface area contributed by atoms with Gasteiger partial charge in [-0.2, -0.15) is 0 Å². The molecule has 0 aliphatic carbocycles. The lowest BCUT2D eigenvalue weighted by Crippen LogP contribution is -2.48. The molecule has 0 fully saturated rings. The number of amides is 1. The van der Waals surface area contributed by atoms with E-state index in [0.29, 0.717) is 6.42 Å². The summed E-state index contributed by atoms with van der Waals surface area (Å²) in [5.41, 5.74) is 0. The number of allylic oxidation sites excluding steroid dienone is 5. The van der Waals surface area contributed by atoms with Crippen LogP contribution in [-0.2, 0) is 4.79 Å². The monoisotopic (exact) mass is 493 g/mol. The molecule has 0 aromatic carbocycles. The second kappa shape index (κ2) is 25.7. The Balaban J connectivity index is 3.96. The zero-order chi connectivity index (χ0) is 26.0. The van der Waals surface area contributed by atoms with Crippen LogP contribution in [0.1, 0.15) is 123 Å². The van der Waals surface area contributed by atoms with Crippen molar-refractivity contribution in [1.82, 2.24) is 5.32 Å². The van der Waals surface area contributed by atoms with Crippen molar-refractivity contribution >= 4 is 5.91 Å². The molecular weight excluding hydrogens is 438 g/mol. The van der Waals surface area contributed by atoms with Crippen molar-refractivity contribution in [2.45, 2.75) is 141 Å². The van der Waals surface area contributed by atoms with Gasteiger partial charge in [-0.25, -0.2) is 0 Å². The van der Waals surface area contributed by atoms with E-state index in [1.165, 1.54) is 51.4 Å². The van der Waals surface area contributed by atoms with Crippen LogP contribution < -0.4 is 5.32 Å². The van der Waals surface area contributed by atoms with Crippen LogP contribution in [-0.4, -0.2) is 46.1 Å². The first-order chi connectivity index (χ1) is 17.1. The number of hydrogen-bond donors (Lipinski definition) is 4. The fourth-order valence-corrected chi connectivity index (χ4v) is 3.84. The molecule has 0 spiro atoms. The largest absolute Gasteiger partial charge is 0.394 e. The molecular formula is C30H55NO4. The van der Waals surface area contributed by atoms with Gasteiger partial charge in [-0.05, 0) is 57.8 Å². The Morgan fingerprint density at radius 2 is 1.17 bits per heavy atom. The molecule has 0 aromatic heterocycles. The quantitative estimate of drug-likeness (QED) is 0.0909. The van der Waals surface area contributed by atoms with Crippen molar-refractivity contribution in [3.63, 3.8) is 0 Å². The summed E-state index contributed by atoms with van der Waals surface area (Å²) in [5.74, 6) is -0.530. The van der Waals surface area contributed by atoms with E-state index in [9.17, 15) is 20.1 Å². The second-order valence-electron chi connectivity index (χ2n) is 9.59. The van der Waals surface area contributed by atoms with Gasteiger partial charge in [-0.3, -0.25) is 4.79 Å². The Morgan fingerprint density at radius 1 is 0.686 bits per heavy atom. The van der Waals surface area contributed by atoms with Gasteiger partial charge in [0.2, 0.25) is 5.91 Å². The smallest absolute Gasteiger partial charge is 0.249 e. The first kappa shape index (κ1) is 33.6. The highest BCUT2D eigenvalue weighted by Gasteiger charge is 2.22. The lowest BCUT2D eigenvalue weighted by Gasteiger charge is -2.21. The van der Waals surface area contributed by atoms with Crippen LogP contribution in [0, 0.1) is 0 Å². The fraction of sp³-hybridized carbons (Fsp3) is 0.767. The molecule has 0 aromatic rings. The Morgan fingerprint density at radius 3 is 1.77 bits per heavy atom. The number of unbranched alkanes of at least 4 members (excludes halogenated alkanes) is 12. The molecule has 3 atom stereocenters. The van der Waals surface area contributed by atoms with Crippen LogP contribution in [0.2, 0.25) is 0 Å². The summed E-state index contributed by atoms with van der Waals surface area (Å²) in [4.78, 5) is 12.2. The van der Waals surface area contributed by atoms with Crippen molar-refractivity contribution in [2.75, 3.05) is 6.61 Å². The molecule has 3 unspecified atom stereocenters. The van der Waals surface area contributed by atoms with Gasteiger partial charge in [-0.1, -0.05) is 102 Å². The number of carbonyl (C=O) groups is 1. The van der Waals surface area contributed by atoms with E-state index in [4.69, 9.17) is 0 Å². The SMILES string of the molecule is CCCCC/C=C\CCCCCCC(O)C(=O)NC(CO)C(O)/C=C/CC/C=C/CCCCCC. The molecule has 0 aliphatic rings. The summed E-state index contributed by atoms with van der Waals surface area (Å²) in [6, 6.07) is -0.813. The van der Waals surface area contributed by atoms with Gasteiger partial charge in [0.15, 0.2) is 0 Å². The van der Waals surface area contributed by atoms with Crippen LogP contribution in [0.3, 0.4) is 0 Å². The molecule has 0 bridgehead atoms. The zero-order valence-corrected chi connectivity index (χ0v) is 22.7. The third kappa shape index (κ3) is 21.6. The van der Waals surface area contributed by atoms with Crippen molar-refractivity contribution in [2.24, 2.45) is 0 Å². The maximum absolute atomic E-state index is 12.2. The van der Waals surface area contributed by atoms with E-state index in [-0.39, 0.29) is 6.61 Å². The van der Waals surface area contributed by atoms with Gasteiger partial charge < -0.3 is 20.6 Å². The van der Waals surface area contributed by atoms with E-state index in [1.54, 1.807) is 6.08 Å². The van der Waals surface area contributed by atoms with E-state index in [2.05, 4.69) is 43.5 Å². The first-order valence-corrected chi connectivity index (χ1v) is 14.3. The van der Waals surface area contributed by atoms with Gasteiger partial charge >= 0.3 is 0 Å². The predicted molar refractivity (Wildman–Crippen MR) is 148 cm³/mol. The zero-order valence-electron chi connectivity index (χ0n) is 22.7. The highest BCUT2D eigenvalue weighted by Crippen LogP contribution is 2.10. The van der Waals surface area contributed by atoms with Gasteiger partial charge in [-0.15, -0.1) is 0 Å². The lowest BCUT2D eigenvalue weighted by molar-refractivity contribution is -0.131. The molecule has 0 rings (SSSR count). The lowest BCUT2D eigenvalue weighted by atomic mass is 10.1. The van der Waals surface area contributed by atoms with E-state index >= 15 is 0 Å². The summed E-state index contributed by atoms with van der Waals surface area (Å²) < 4.78 is 0. The Labute approximate surface area is 215 Å². The number of aliphatic hydroxyl groups is 3. The molecule has 0 radical (unpaired) electrons. The minimum atomic E-state index is -1.11. The fourth-order valence-electron chi connectivity index (χ4n) is 3.84. The normalized spacial score (nSPS) is 14.8. The number of carbonyl (C=O) groups excluding carboxylic acids is 1. The average molecular weight is 494 g/mol. The molecule has 1 amide bonds. The van der Waals surface area contributed by atoms with E-state index in [0.717, 1.165) is 51.4 Å². The van der Waals surface area contributed by atoms with Crippen molar-refractivity contribution in [3.8, 4) is 0 Å². The molecule has 0 aliphatic heterocycles. The molecule has 5 nitrogen and oxygen atoms in total. The van der Waals surface area contributed by atoms with Gasteiger partial charge in [0.1, 0.15) is 6.10 Å². The van der Waals surface area contributed by atoms with Crippen molar-refractivity contribution in [3.05, 3.63) is 36.5 Å². The molecule has 204 valence electrons. The van der Waals surface area contributed by atoms with E-state index in [1.807, 2.05) is 6.08 Å². The minimum absolute atomic E-state index is 0.381. The summed E-state index contributed by atoms with van der Waals surface area (Å²) in [7, 11) is 0. The maximum atomic E-state index is 12.2. The molecule has 4 N–H and O–H groups in total. The summed E-state index contributed by atoms with van der Waals surface area (Å²) in [5, 5.41) is 32.6. The molecule has 0 saturated carbocycles. The minimum Gasteiger partial charge on any atom is -0.394 e. The van der Waals surface area contributed by atoms with Crippen molar-refractivity contribution < 1.29 is 20.1 Å². The van der Waals surface area contributed by atoms with Crippen LogP contribution in [0.15, 0.2) is 36.5 Å². The number of hydrogen-bond acceptors (Lipinski definition) is 4. The maximum Gasteiger partial charge on any atom is 0.249 e. The molecule has 0 heterocycles. The van der Waals surface area contributed by atoms with Crippen LogP contribution >= 0.6 is 0 Å². The Kier molecular flexibility index (Phi) is 24.6. The van der Waals surface area contributed by atoms with Gasteiger partial charge in [0, 0.05) is 0 Å². The molecule has 5 heteroatoms. The Bertz CT molecular complexity index is 559. The Hall–Kier alpha value is -1.43. The van der Waals surface area contributed by atoms with Crippen LogP contribution in [0.25, 0.3) is 0 Å². The number of rotatable bonds is 24. The highest BCUT2D eigenvalue weighted by molar-refractivity contribution is 5.80. The van der Waals surface area contributed by atoms with Crippen molar-refractivity contribution in [1.29, 1.82) is 0 Å². The number of nitrogens with one attached hydrogen (secondary N) is 1. The number of aliphatic hydroxyl groups excluding tert-OH is 3. The van der Waals surface area contributed by atoms with Gasteiger partial charge in [0.05, 0.1) is 18.8 Å². The first-order valence-electron chi connectivity index (χ1n) is 14.3. The highest BCUT2D eigenvalue weighted by atomic mass is 16.3. The predicted octanol–water partition coefficient (Wildman–Crippen LogP) is 6.53. The molecule has 35 heavy (non-hydrogen) atoms. The van der Waals surface area contributed by atoms with E-state index < -0.39 is 24.2 Å². The van der Waals surface area contributed by atoms with Gasteiger partial charge in [0.25, 0.3) is 0 Å². The third-order valence-electron chi connectivity index (χ3n) is 6.20. The standard InChI is InChI=1S/C30H55NO4/c1-3-5-7-9-11-13-15-17-19-21-23-25-29(34)30(35)31-27(26-32)28(33)24-22-20-18-16-14-12-10-8-6-4-2/h11,13-14,16,22,24,27-29,32-34H,3-10,12,15,17-21,23,25-26H2,1-2H3,(H,31,35)/b13-11-,16-14+,24-22+.